The number of aromatic nitrogens is 2. The van der Waals surface area contributed by atoms with Gasteiger partial charge in [-0.1, -0.05) is 4.49 Å². The van der Waals surface area contributed by atoms with Crippen LogP contribution in [0.15, 0.2) is 15.9 Å². The fourth-order valence-electron chi connectivity index (χ4n) is 1.15. The van der Waals surface area contributed by atoms with Gasteiger partial charge in [0.15, 0.2) is 0 Å². The minimum atomic E-state index is -1.18. The first kappa shape index (κ1) is 9.81. The maximum absolute atomic E-state index is 10.6. The van der Waals surface area contributed by atoms with E-state index in [0.717, 1.165) is 11.5 Å². The number of rotatable bonds is 3. The number of aliphatic hydroxyl groups is 1. The second-order valence-electron chi connectivity index (χ2n) is 2.70. The lowest BCUT2D eigenvalue weighted by Crippen LogP contribution is -1.91. The molecule has 2 heterocycles. The Morgan fingerprint density at radius 2 is 2.40 bits per heavy atom. The van der Waals surface area contributed by atoms with Gasteiger partial charge >= 0.3 is 5.97 Å². The van der Waals surface area contributed by atoms with Crippen molar-refractivity contribution in [3.63, 3.8) is 0 Å². The molecule has 2 aromatic rings. The summed E-state index contributed by atoms with van der Waals surface area (Å²) in [5.74, 6) is -1.22. The number of furan rings is 1. The zero-order valence-corrected chi connectivity index (χ0v) is 8.19. The van der Waals surface area contributed by atoms with Gasteiger partial charge in [-0.3, -0.25) is 0 Å². The molecule has 0 unspecified atom stereocenters. The van der Waals surface area contributed by atoms with E-state index in [2.05, 4.69) is 9.59 Å². The Balaban J connectivity index is 2.51. The molecule has 0 bridgehead atoms. The van der Waals surface area contributed by atoms with E-state index in [1.165, 1.54) is 6.07 Å². The number of carboxylic acids is 1. The molecule has 2 N–H and O–H groups in total. The Kier molecular flexibility index (Phi) is 2.48. The van der Waals surface area contributed by atoms with Gasteiger partial charge in [0.1, 0.15) is 18.1 Å². The van der Waals surface area contributed by atoms with Crippen LogP contribution in [-0.4, -0.2) is 25.8 Å². The second kappa shape index (κ2) is 3.79. The average Bonchev–Trinajstić information content (AvgIpc) is 2.86. The van der Waals surface area contributed by atoms with Gasteiger partial charge in [-0.15, -0.1) is 5.10 Å². The van der Waals surface area contributed by atoms with Crippen molar-refractivity contribution in [3.05, 3.63) is 23.0 Å². The third-order valence-electron chi connectivity index (χ3n) is 1.80. The summed E-state index contributed by atoms with van der Waals surface area (Å²) in [4.78, 5) is 10.6. The van der Waals surface area contributed by atoms with Crippen LogP contribution in [0.3, 0.4) is 0 Å². The van der Waals surface area contributed by atoms with Crippen molar-refractivity contribution < 1.29 is 19.4 Å². The van der Waals surface area contributed by atoms with Crippen LogP contribution in [-0.2, 0) is 6.61 Å². The van der Waals surface area contributed by atoms with E-state index in [-0.39, 0.29) is 18.1 Å². The van der Waals surface area contributed by atoms with Crippen LogP contribution in [0.5, 0.6) is 0 Å². The number of nitrogens with zero attached hydrogens (tertiary/aromatic N) is 2. The van der Waals surface area contributed by atoms with Crippen LogP contribution in [0.25, 0.3) is 11.3 Å². The number of hydrogen-bond acceptors (Lipinski definition) is 6. The van der Waals surface area contributed by atoms with Crippen LogP contribution in [0, 0.1) is 0 Å². The molecule has 0 aliphatic carbocycles. The zero-order chi connectivity index (χ0) is 10.8. The van der Waals surface area contributed by atoms with Crippen molar-refractivity contribution in [3.8, 4) is 11.3 Å². The molecule has 15 heavy (non-hydrogen) atoms. The molecular formula is C8H6N2O4S. The fourth-order valence-corrected chi connectivity index (χ4v) is 1.61. The third-order valence-corrected chi connectivity index (χ3v) is 2.30. The predicted molar refractivity (Wildman–Crippen MR) is 50.5 cm³/mol. The summed E-state index contributed by atoms with van der Waals surface area (Å²) in [5.41, 5.74) is 0.962. The Bertz CT molecular complexity index is 477. The highest BCUT2D eigenvalue weighted by molar-refractivity contribution is 7.03. The second-order valence-corrected chi connectivity index (χ2v) is 3.31. The van der Waals surface area contributed by atoms with Gasteiger partial charge in [-0.05, 0) is 11.5 Å². The fraction of sp³-hybridized carbons (Fsp3) is 0.125. The molecule has 0 aliphatic rings. The minimum Gasteiger partial charge on any atom is -0.475 e. The van der Waals surface area contributed by atoms with Crippen LogP contribution >= 0.6 is 11.5 Å². The molecule has 0 saturated carbocycles. The normalized spacial score (nSPS) is 10.5. The molecule has 2 aromatic heterocycles. The van der Waals surface area contributed by atoms with Gasteiger partial charge in [0.2, 0.25) is 5.76 Å². The maximum atomic E-state index is 10.6. The molecule has 0 amide bonds. The lowest BCUT2D eigenvalue weighted by molar-refractivity contribution is 0.0657. The molecule has 0 spiro atoms. The van der Waals surface area contributed by atoms with Gasteiger partial charge in [0, 0.05) is 17.0 Å². The van der Waals surface area contributed by atoms with Crippen LogP contribution in [0.1, 0.15) is 16.3 Å². The molecule has 7 heteroatoms. The third kappa shape index (κ3) is 1.74. The molecule has 0 saturated heterocycles. The standard InChI is InChI=1S/C8H6N2O4S/c11-2-7-4(5-3-15-10-9-5)1-6(14-7)8(12)13/h1,3,11H,2H2,(H,12,13). The van der Waals surface area contributed by atoms with Crippen molar-refractivity contribution in [2.45, 2.75) is 6.61 Å². The highest BCUT2D eigenvalue weighted by atomic mass is 32.1. The van der Waals surface area contributed by atoms with Crippen molar-refractivity contribution in [1.29, 1.82) is 0 Å². The van der Waals surface area contributed by atoms with Crippen molar-refractivity contribution in [1.82, 2.24) is 9.59 Å². The smallest absolute Gasteiger partial charge is 0.371 e. The summed E-state index contributed by atoms with van der Waals surface area (Å²) in [5, 5.41) is 23.1. The van der Waals surface area contributed by atoms with Crippen molar-refractivity contribution >= 4 is 17.5 Å². The molecule has 0 atom stereocenters. The molecule has 0 radical (unpaired) electrons. The largest absolute Gasteiger partial charge is 0.475 e. The summed E-state index contributed by atoms with van der Waals surface area (Å²) in [6, 6.07) is 1.32. The Hall–Kier alpha value is -1.73. The Morgan fingerprint density at radius 3 is 2.93 bits per heavy atom. The Labute approximate surface area is 88.0 Å². The number of carboxylic acid groups (broad SMARTS) is 1. The van der Waals surface area contributed by atoms with Gasteiger partial charge < -0.3 is 14.6 Å². The van der Waals surface area contributed by atoms with E-state index >= 15 is 0 Å². The molecule has 0 fully saturated rings. The van der Waals surface area contributed by atoms with E-state index in [4.69, 9.17) is 14.6 Å². The van der Waals surface area contributed by atoms with E-state index in [1.807, 2.05) is 0 Å². The summed E-state index contributed by atoms with van der Waals surface area (Å²) >= 11 is 1.14. The molecule has 78 valence electrons. The SMILES string of the molecule is O=C(O)c1cc(-c2csnn2)c(CO)o1. The zero-order valence-electron chi connectivity index (χ0n) is 7.38. The van der Waals surface area contributed by atoms with Crippen molar-refractivity contribution in [2.24, 2.45) is 0 Å². The molecule has 6 nitrogen and oxygen atoms in total. The van der Waals surface area contributed by atoms with E-state index < -0.39 is 5.97 Å². The number of hydrogen-bond donors (Lipinski definition) is 2. The van der Waals surface area contributed by atoms with E-state index in [1.54, 1.807) is 5.38 Å². The van der Waals surface area contributed by atoms with Crippen LogP contribution < -0.4 is 0 Å². The lowest BCUT2D eigenvalue weighted by atomic mass is 10.2. The topological polar surface area (TPSA) is 96.5 Å². The number of aromatic carboxylic acids is 1. The van der Waals surface area contributed by atoms with Crippen molar-refractivity contribution in [2.75, 3.05) is 0 Å². The van der Waals surface area contributed by atoms with Gasteiger partial charge in [0.25, 0.3) is 0 Å². The quantitative estimate of drug-likeness (QED) is 0.810. The summed E-state index contributed by atoms with van der Waals surface area (Å²) < 4.78 is 8.59. The van der Waals surface area contributed by atoms with Crippen LogP contribution in [0.4, 0.5) is 0 Å². The predicted octanol–water partition coefficient (Wildman–Crippen LogP) is 0.989. The number of carbonyl (C=O) groups is 1. The molecule has 0 aromatic carbocycles. The van der Waals surface area contributed by atoms with Gasteiger partial charge in [-0.25, -0.2) is 4.79 Å². The summed E-state index contributed by atoms with van der Waals surface area (Å²) in [6.07, 6.45) is 0. The summed E-state index contributed by atoms with van der Waals surface area (Å²) in [6.45, 7) is -0.375. The van der Waals surface area contributed by atoms with Gasteiger partial charge in [-0.2, -0.15) is 0 Å². The highest BCUT2D eigenvalue weighted by Gasteiger charge is 2.17. The average molecular weight is 226 g/mol. The first-order valence-corrected chi connectivity index (χ1v) is 4.80. The Morgan fingerprint density at radius 1 is 1.60 bits per heavy atom. The maximum Gasteiger partial charge on any atom is 0.371 e. The molecule has 2 rings (SSSR count). The monoisotopic (exact) mass is 226 g/mol. The number of aliphatic hydroxyl groups excluding tert-OH is 1. The first-order chi connectivity index (χ1) is 7.22. The molecule has 0 aliphatic heterocycles. The van der Waals surface area contributed by atoms with Gasteiger partial charge in [0.05, 0.1) is 0 Å². The minimum absolute atomic E-state index is 0.181. The van der Waals surface area contributed by atoms with Crippen LogP contribution in [0.2, 0.25) is 0 Å². The first-order valence-electron chi connectivity index (χ1n) is 3.96. The lowest BCUT2D eigenvalue weighted by Gasteiger charge is -1.92. The van der Waals surface area contributed by atoms with E-state index in [0.29, 0.717) is 11.3 Å². The molecular weight excluding hydrogens is 220 g/mol. The summed E-state index contributed by atoms with van der Waals surface area (Å²) in [7, 11) is 0. The van der Waals surface area contributed by atoms with E-state index in [9.17, 15) is 4.79 Å². The highest BCUT2D eigenvalue weighted by Crippen LogP contribution is 2.26.